The fourth-order valence-electron chi connectivity index (χ4n) is 2.92. The quantitative estimate of drug-likeness (QED) is 0.123. The summed E-state index contributed by atoms with van der Waals surface area (Å²) < 4.78 is 0. The van der Waals surface area contributed by atoms with Gasteiger partial charge < -0.3 is 5.21 Å². The van der Waals surface area contributed by atoms with Crippen LogP contribution in [-0.2, 0) is 0 Å². The number of hydrogen-bond acceptors (Lipinski definition) is 3. The average Bonchev–Trinajstić information content (AvgIpc) is 2.52. The molecule has 0 rings (SSSR count). The Hall–Kier alpha value is -0.420. The van der Waals surface area contributed by atoms with Gasteiger partial charge in [0.15, 0.2) is 0 Å². The molecule has 0 saturated heterocycles. The average molecular weight is 344 g/mol. The van der Waals surface area contributed by atoms with Gasteiger partial charge in [-0.1, -0.05) is 88.3 Å². The molecular weight excluding hydrogens is 302 g/mol. The lowest BCUT2D eigenvalue weighted by molar-refractivity contribution is -1.21. The molecule has 0 fully saturated rings. The van der Waals surface area contributed by atoms with E-state index in [-0.39, 0.29) is 6.54 Å². The van der Waals surface area contributed by atoms with Gasteiger partial charge in [0, 0.05) is 6.42 Å². The van der Waals surface area contributed by atoms with Crippen LogP contribution in [0.3, 0.4) is 0 Å². The normalized spacial score (nSPS) is 12.3. The molecule has 4 nitrogen and oxygen atoms in total. The molecule has 0 aromatic rings. The van der Waals surface area contributed by atoms with Crippen molar-refractivity contribution < 1.29 is 15.4 Å². The van der Waals surface area contributed by atoms with Crippen molar-refractivity contribution in [2.75, 3.05) is 6.54 Å². The Balaban J connectivity index is 3.10. The zero-order chi connectivity index (χ0) is 17.9. The highest BCUT2D eigenvalue weighted by molar-refractivity contribution is 4.81. The van der Waals surface area contributed by atoms with E-state index in [2.05, 4.69) is 19.1 Å². The first-order valence-electron chi connectivity index (χ1n) is 10.3. The standard InChI is InChI=1S/C20H41NO3/c1-2-3-4-5-6-7-8-9-10-11-12-13-14-15-16-17-18-19-20-21(22,23)24/h9-10,22-23H,2-8,11-20H2,1H3/b10-9-. The van der Waals surface area contributed by atoms with E-state index >= 15 is 0 Å². The molecule has 0 bridgehead atoms. The Bertz CT molecular complexity index is 275. The predicted molar refractivity (Wildman–Crippen MR) is 101 cm³/mol. The summed E-state index contributed by atoms with van der Waals surface area (Å²) in [6.07, 6.45) is 24.3. The zero-order valence-corrected chi connectivity index (χ0v) is 15.9. The summed E-state index contributed by atoms with van der Waals surface area (Å²) in [6.45, 7) is 2.14. The Labute approximate surface area is 149 Å². The molecule has 0 unspecified atom stereocenters. The van der Waals surface area contributed by atoms with Crippen molar-refractivity contribution >= 4 is 0 Å². The van der Waals surface area contributed by atoms with Crippen molar-refractivity contribution in [2.24, 2.45) is 0 Å². The molecule has 0 heterocycles. The first-order chi connectivity index (χ1) is 11.6. The fourth-order valence-corrected chi connectivity index (χ4v) is 2.92. The highest BCUT2D eigenvalue weighted by Crippen LogP contribution is 2.11. The zero-order valence-electron chi connectivity index (χ0n) is 15.9. The number of nitrogens with zero attached hydrogens (tertiary/aromatic N) is 1. The first-order valence-corrected chi connectivity index (χ1v) is 10.3. The van der Waals surface area contributed by atoms with Gasteiger partial charge >= 0.3 is 0 Å². The second kappa shape index (κ2) is 17.4. The smallest absolute Gasteiger partial charge is 0.142 e. The molecule has 2 N–H and O–H groups in total. The van der Waals surface area contributed by atoms with E-state index in [1.165, 1.54) is 83.5 Å². The Morgan fingerprint density at radius 2 is 1.00 bits per heavy atom. The lowest BCUT2D eigenvalue weighted by Gasteiger charge is -2.23. The number of allylic oxidation sites excluding steroid dienone is 2. The van der Waals surface area contributed by atoms with E-state index in [0.717, 1.165) is 12.8 Å². The van der Waals surface area contributed by atoms with Crippen molar-refractivity contribution in [1.29, 1.82) is 0 Å². The molecule has 4 heteroatoms. The predicted octanol–water partition coefficient (Wildman–Crippen LogP) is 6.90. The van der Waals surface area contributed by atoms with Crippen LogP contribution in [0.1, 0.15) is 110 Å². The van der Waals surface area contributed by atoms with Crippen molar-refractivity contribution in [1.82, 2.24) is 0 Å². The van der Waals surface area contributed by atoms with Gasteiger partial charge in [-0.05, 0) is 32.1 Å². The molecular formula is C20H41NO3. The van der Waals surface area contributed by atoms with Gasteiger partial charge in [0.1, 0.15) is 6.54 Å². The summed E-state index contributed by atoms with van der Waals surface area (Å²) in [5.41, 5.74) is 0. The number of unbranched alkanes of at least 4 members (excludes halogenated alkanes) is 14. The summed E-state index contributed by atoms with van der Waals surface area (Å²) in [5, 5.41) is 27.7. The van der Waals surface area contributed by atoms with Gasteiger partial charge in [-0.3, -0.25) is 0 Å². The molecule has 0 aliphatic carbocycles. The van der Waals surface area contributed by atoms with Crippen LogP contribution in [-0.4, -0.2) is 21.9 Å². The van der Waals surface area contributed by atoms with Crippen molar-refractivity contribution in [3.8, 4) is 0 Å². The summed E-state index contributed by atoms with van der Waals surface area (Å²) in [7, 11) is 0. The maximum absolute atomic E-state index is 10.5. The van der Waals surface area contributed by atoms with Gasteiger partial charge in [0.05, 0.1) is 0 Å². The van der Waals surface area contributed by atoms with Crippen LogP contribution in [0.5, 0.6) is 0 Å². The molecule has 0 spiro atoms. The Kier molecular flexibility index (Phi) is 17.1. The molecule has 0 aromatic heterocycles. The molecule has 0 aliphatic heterocycles. The topological polar surface area (TPSA) is 63.5 Å². The van der Waals surface area contributed by atoms with E-state index in [1.807, 2.05) is 0 Å². The minimum atomic E-state index is -2.13. The third kappa shape index (κ3) is 21.6. The van der Waals surface area contributed by atoms with Crippen LogP contribution < -0.4 is 0 Å². The molecule has 24 heavy (non-hydrogen) atoms. The first kappa shape index (κ1) is 23.6. The van der Waals surface area contributed by atoms with Crippen LogP contribution >= 0.6 is 0 Å². The molecule has 0 radical (unpaired) electrons. The van der Waals surface area contributed by atoms with Crippen LogP contribution in [0.2, 0.25) is 0 Å². The maximum Gasteiger partial charge on any atom is 0.142 e. The van der Waals surface area contributed by atoms with Crippen LogP contribution in [0.4, 0.5) is 0 Å². The fraction of sp³-hybridized carbons (Fsp3) is 0.900. The lowest BCUT2D eigenvalue weighted by atomic mass is 10.1. The highest BCUT2D eigenvalue weighted by Gasteiger charge is 2.06. The molecule has 0 saturated carbocycles. The number of rotatable bonds is 18. The van der Waals surface area contributed by atoms with Gasteiger partial charge in [0.25, 0.3) is 0 Å². The van der Waals surface area contributed by atoms with Crippen molar-refractivity contribution in [2.45, 2.75) is 110 Å². The minimum absolute atomic E-state index is 0.120. The van der Waals surface area contributed by atoms with E-state index in [9.17, 15) is 5.21 Å². The molecule has 144 valence electrons. The van der Waals surface area contributed by atoms with E-state index in [0.29, 0.717) is 6.42 Å². The van der Waals surface area contributed by atoms with Gasteiger partial charge in [-0.2, -0.15) is 10.4 Å². The lowest BCUT2D eigenvalue weighted by Crippen LogP contribution is -2.34. The largest absolute Gasteiger partial charge is 0.564 e. The number of hydroxylamine groups is 3. The summed E-state index contributed by atoms with van der Waals surface area (Å²) in [4.78, 5) is -2.13. The molecule has 0 aromatic carbocycles. The molecule has 0 atom stereocenters. The highest BCUT2D eigenvalue weighted by atomic mass is 17.1. The SMILES string of the molecule is CCCCCCCC/C=C\CCCCCCCCCC[N+]([O-])(O)O. The second-order valence-corrected chi connectivity index (χ2v) is 7.03. The monoisotopic (exact) mass is 343 g/mol. The van der Waals surface area contributed by atoms with Crippen molar-refractivity contribution in [3.63, 3.8) is 0 Å². The number of hydrogen-bond donors (Lipinski definition) is 2. The van der Waals surface area contributed by atoms with E-state index < -0.39 is 4.97 Å². The molecule has 0 amide bonds. The van der Waals surface area contributed by atoms with Gasteiger partial charge in [0.2, 0.25) is 0 Å². The Morgan fingerprint density at radius 3 is 1.42 bits per heavy atom. The van der Waals surface area contributed by atoms with Crippen LogP contribution in [0.25, 0.3) is 0 Å². The summed E-state index contributed by atoms with van der Waals surface area (Å²) in [6, 6.07) is 0. The summed E-state index contributed by atoms with van der Waals surface area (Å²) >= 11 is 0. The van der Waals surface area contributed by atoms with Crippen LogP contribution in [0, 0.1) is 5.21 Å². The van der Waals surface area contributed by atoms with E-state index in [4.69, 9.17) is 10.4 Å². The van der Waals surface area contributed by atoms with Gasteiger partial charge in [-0.25, -0.2) is 0 Å². The third-order valence-corrected chi connectivity index (χ3v) is 4.46. The maximum atomic E-state index is 10.5. The van der Waals surface area contributed by atoms with Crippen LogP contribution in [0.15, 0.2) is 12.2 Å². The minimum Gasteiger partial charge on any atom is -0.564 e. The summed E-state index contributed by atoms with van der Waals surface area (Å²) in [5.74, 6) is 0. The van der Waals surface area contributed by atoms with Crippen molar-refractivity contribution in [3.05, 3.63) is 17.4 Å². The Morgan fingerprint density at radius 1 is 0.625 bits per heavy atom. The second-order valence-electron chi connectivity index (χ2n) is 7.03. The van der Waals surface area contributed by atoms with Gasteiger partial charge in [-0.15, -0.1) is 0 Å². The third-order valence-electron chi connectivity index (χ3n) is 4.46. The number of quaternary nitrogens is 1. The van der Waals surface area contributed by atoms with E-state index in [1.54, 1.807) is 0 Å². The molecule has 0 aliphatic rings.